The quantitative estimate of drug-likeness (QED) is 0.897. The number of benzene rings is 1. The van der Waals surface area contributed by atoms with Crippen LogP contribution in [0.4, 0.5) is 0 Å². The van der Waals surface area contributed by atoms with Crippen molar-refractivity contribution < 1.29 is 14.6 Å². The molecule has 0 radical (unpaired) electrons. The number of hydrogen-bond acceptors (Lipinski definition) is 3. The lowest BCUT2D eigenvalue weighted by atomic mass is 10.1. The number of ether oxygens (including phenoxy) is 1. The van der Waals surface area contributed by atoms with E-state index in [-0.39, 0.29) is 23.5 Å². The lowest BCUT2D eigenvalue weighted by Gasteiger charge is -2.13. The van der Waals surface area contributed by atoms with Crippen LogP contribution in [0.1, 0.15) is 25.1 Å². The maximum absolute atomic E-state index is 12.4. The lowest BCUT2D eigenvalue weighted by Crippen LogP contribution is -2.17. The van der Waals surface area contributed by atoms with Crippen molar-refractivity contribution in [2.24, 2.45) is 0 Å². The first-order valence-corrected chi connectivity index (χ1v) is 6.43. The van der Waals surface area contributed by atoms with E-state index in [1.54, 1.807) is 25.1 Å². The van der Waals surface area contributed by atoms with Crippen LogP contribution in [0.15, 0.2) is 23.0 Å². The number of carboxylic acids is 1. The highest BCUT2D eigenvalue weighted by atomic mass is 16.5. The first-order valence-electron chi connectivity index (χ1n) is 6.43. The van der Waals surface area contributed by atoms with Crippen LogP contribution in [-0.2, 0) is 11.2 Å². The second-order valence-electron chi connectivity index (χ2n) is 4.97. The molecule has 1 aromatic carbocycles. The van der Waals surface area contributed by atoms with E-state index in [9.17, 15) is 9.59 Å². The van der Waals surface area contributed by atoms with Gasteiger partial charge in [0.25, 0.3) is 0 Å². The van der Waals surface area contributed by atoms with Gasteiger partial charge in [-0.3, -0.25) is 9.59 Å². The molecule has 2 N–H and O–H groups in total. The molecule has 0 aliphatic heterocycles. The maximum atomic E-state index is 12.4. The van der Waals surface area contributed by atoms with Crippen LogP contribution in [0.2, 0.25) is 0 Å². The topological polar surface area (TPSA) is 79.4 Å². The Labute approximate surface area is 116 Å². The van der Waals surface area contributed by atoms with Crippen molar-refractivity contribution in [1.82, 2.24) is 4.98 Å². The number of aliphatic carboxylic acids is 1. The summed E-state index contributed by atoms with van der Waals surface area (Å²) in [6.07, 6.45) is -0.296. The molecule has 1 aromatic heterocycles. The van der Waals surface area contributed by atoms with Crippen LogP contribution in [0, 0.1) is 6.92 Å². The fourth-order valence-corrected chi connectivity index (χ4v) is 2.16. The van der Waals surface area contributed by atoms with Gasteiger partial charge in [0.2, 0.25) is 0 Å². The van der Waals surface area contributed by atoms with E-state index in [1.165, 1.54) is 0 Å². The summed E-state index contributed by atoms with van der Waals surface area (Å²) in [5, 5.41) is 9.33. The third-order valence-corrected chi connectivity index (χ3v) is 3.00. The van der Waals surface area contributed by atoms with Gasteiger partial charge >= 0.3 is 5.97 Å². The molecule has 2 aromatic rings. The molecule has 0 atom stereocenters. The molecular formula is C15H17NO4. The standard InChI is InChI=1S/C15H17NO4/c1-8(2)20-12-6-4-5-10-14(12)16-9(3)11(15(10)19)7-13(17)18/h4-6,8H,7H2,1-3H3,(H,16,19)(H,17,18). The van der Waals surface area contributed by atoms with E-state index in [0.717, 1.165) is 0 Å². The third kappa shape index (κ3) is 2.66. The Kier molecular flexibility index (Phi) is 3.79. The molecule has 5 nitrogen and oxygen atoms in total. The summed E-state index contributed by atoms with van der Waals surface area (Å²) in [6.45, 7) is 5.51. The van der Waals surface area contributed by atoms with Crippen molar-refractivity contribution >= 4 is 16.9 Å². The van der Waals surface area contributed by atoms with E-state index in [2.05, 4.69) is 4.98 Å². The SMILES string of the molecule is Cc1[nH]c2c(OC(C)C)cccc2c(=O)c1CC(=O)O. The van der Waals surface area contributed by atoms with Gasteiger partial charge < -0.3 is 14.8 Å². The summed E-state index contributed by atoms with van der Waals surface area (Å²) in [6, 6.07) is 5.19. The molecule has 0 spiro atoms. The lowest BCUT2D eigenvalue weighted by molar-refractivity contribution is -0.136. The van der Waals surface area contributed by atoms with Gasteiger partial charge in [-0.15, -0.1) is 0 Å². The van der Waals surface area contributed by atoms with E-state index in [4.69, 9.17) is 9.84 Å². The van der Waals surface area contributed by atoms with E-state index < -0.39 is 5.97 Å². The van der Waals surface area contributed by atoms with E-state index in [0.29, 0.717) is 22.3 Å². The summed E-state index contributed by atoms with van der Waals surface area (Å²) >= 11 is 0. The van der Waals surface area contributed by atoms with Crippen molar-refractivity contribution in [2.45, 2.75) is 33.3 Å². The number of H-pyrrole nitrogens is 1. The molecule has 0 saturated carbocycles. The van der Waals surface area contributed by atoms with Gasteiger partial charge in [-0.25, -0.2) is 0 Å². The first kappa shape index (κ1) is 14.1. The van der Waals surface area contributed by atoms with Crippen molar-refractivity contribution in [3.8, 4) is 5.75 Å². The predicted molar refractivity (Wildman–Crippen MR) is 76.4 cm³/mol. The molecular weight excluding hydrogens is 258 g/mol. The van der Waals surface area contributed by atoms with Gasteiger partial charge in [-0.1, -0.05) is 6.07 Å². The number of para-hydroxylation sites is 1. The van der Waals surface area contributed by atoms with Gasteiger partial charge in [0.05, 0.1) is 18.0 Å². The van der Waals surface area contributed by atoms with Crippen molar-refractivity contribution in [3.63, 3.8) is 0 Å². The monoisotopic (exact) mass is 275 g/mol. The first-order chi connectivity index (χ1) is 9.40. The predicted octanol–water partition coefficient (Wildman–Crippen LogP) is 2.25. The minimum atomic E-state index is -1.02. The molecule has 0 unspecified atom stereocenters. The van der Waals surface area contributed by atoms with Crippen molar-refractivity contribution in [3.05, 3.63) is 39.7 Å². The minimum Gasteiger partial charge on any atom is -0.489 e. The van der Waals surface area contributed by atoms with Crippen LogP contribution in [-0.4, -0.2) is 22.2 Å². The largest absolute Gasteiger partial charge is 0.489 e. The molecule has 0 saturated heterocycles. The van der Waals surface area contributed by atoms with Crippen LogP contribution in [0.5, 0.6) is 5.75 Å². The Hall–Kier alpha value is -2.30. The zero-order chi connectivity index (χ0) is 14.9. The second kappa shape index (κ2) is 5.36. The number of carbonyl (C=O) groups is 1. The van der Waals surface area contributed by atoms with Gasteiger partial charge in [0, 0.05) is 16.6 Å². The normalized spacial score (nSPS) is 11.0. The highest BCUT2D eigenvalue weighted by molar-refractivity contribution is 5.86. The Bertz CT molecular complexity index is 716. The number of hydrogen-bond donors (Lipinski definition) is 2. The Morgan fingerprint density at radius 3 is 2.70 bits per heavy atom. The second-order valence-corrected chi connectivity index (χ2v) is 4.97. The number of rotatable bonds is 4. The molecule has 0 bridgehead atoms. The number of nitrogens with one attached hydrogen (secondary N) is 1. The molecule has 0 aliphatic carbocycles. The number of pyridine rings is 1. The minimum absolute atomic E-state index is 0.0110. The number of fused-ring (bicyclic) bond motifs is 1. The summed E-state index contributed by atoms with van der Waals surface area (Å²) < 4.78 is 5.67. The van der Waals surface area contributed by atoms with Crippen LogP contribution < -0.4 is 10.2 Å². The molecule has 2 rings (SSSR count). The number of aryl methyl sites for hydroxylation is 1. The summed E-state index contributed by atoms with van der Waals surface area (Å²) in [7, 11) is 0. The molecule has 0 fully saturated rings. The van der Waals surface area contributed by atoms with Gasteiger partial charge in [-0.2, -0.15) is 0 Å². The third-order valence-electron chi connectivity index (χ3n) is 3.00. The number of aromatic nitrogens is 1. The highest BCUT2D eigenvalue weighted by Gasteiger charge is 2.15. The Morgan fingerprint density at radius 2 is 2.10 bits per heavy atom. The Morgan fingerprint density at radius 1 is 1.40 bits per heavy atom. The van der Waals surface area contributed by atoms with Gasteiger partial charge in [0.1, 0.15) is 5.75 Å². The molecule has 5 heteroatoms. The fraction of sp³-hybridized carbons (Fsp3) is 0.333. The van der Waals surface area contributed by atoms with E-state index in [1.807, 2.05) is 13.8 Å². The summed E-state index contributed by atoms with van der Waals surface area (Å²) in [5.74, 6) is -0.424. The smallest absolute Gasteiger partial charge is 0.308 e. The average molecular weight is 275 g/mol. The molecule has 0 aliphatic rings. The number of aromatic amines is 1. The summed E-state index contributed by atoms with van der Waals surface area (Å²) in [4.78, 5) is 26.3. The van der Waals surface area contributed by atoms with Gasteiger partial charge in [0.15, 0.2) is 5.43 Å². The van der Waals surface area contributed by atoms with Crippen molar-refractivity contribution in [1.29, 1.82) is 0 Å². The number of carboxylic acid groups (broad SMARTS) is 1. The molecule has 0 amide bonds. The summed E-state index contributed by atoms with van der Waals surface area (Å²) in [5.41, 5.74) is 1.20. The maximum Gasteiger partial charge on any atom is 0.308 e. The van der Waals surface area contributed by atoms with E-state index >= 15 is 0 Å². The zero-order valence-corrected chi connectivity index (χ0v) is 11.7. The molecule has 1 heterocycles. The van der Waals surface area contributed by atoms with Crippen LogP contribution >= 0.6 is 0 Å². The zero-order valence-electron chi connectivity index (χ0n) is 11.7. The van der Waals surface area contributed by atoms with Crippen molar-refractivity contribution in [2.75, 3.05) is 0 Å². The highest BCUT2D eigenvalue weighted by Crippen LogP contribution is 2.24. The fourth-order valence-electron chi connectivity index (χ4n) is 2.16. The molecule has 20 heavy (non-hydrogen) atoms. The van der Waals surface area contributed by atoms with Crippen LogP contribution in [0.25, 0.3) is 10.9 Å². The van der Waals surface area contributed by atoms with Gasteiger partial charge in [-0.05, 0) is 32.9 Å². The molecule has 106 valence electrons. The average Bonchev–Trinajstić information content (AvgIpc) is 2.35. The van der Waals surface area contributed by atoms with Crippen LogP contribution in [0.3, 0.4) is 0 Å². The Balaban J connectivity index is 2.69.